The Bertz CT molecular complexity index is 1850. The normalized spacial score (nSPS) is 11.6. The van der Waals surface area contributed by atoms with Gasteiger partial charge in [-0.25, -0.2) is 4.79 Å². The number of amidine groups is 1. The fourth-order valence-electron chi connectivity index (χ4n) is 4.48. The maximum atomic E-state index is 13.8. The lowest BCUT2D eigenvalue weighted by Gasteiger charge is -2.23. The van der Waals surface area contributed by atoms with Gasteiger partial charge in [0.1, 0.15) is 29.1 Å². The molecule has 0 saturated heterocycles. The van der Waals surface area contributed by atoms with Crippen LogP contribution in [-0.4, -0.2) is 42.5 Å². The monoisotopic (exact) mass is 693 g/mol. The van der Waals surface area contributed by atoms with Crippen molar-refractivity contribution in [2.24, 2.45) is 5.73 Å². The molecule has 1 unspecified atom stereocenters. The number of esters is 1. The van der Waals surface area contributed by atoms with E-state index in [-0.39, 0.29) is 40.8 Å². The number of hydrazine groups is 1. The molecule has 0 radical (unpaired) electrons. The third-order valence-electron chi connectivity index (χ3n) is 6.64. The quantitative estimate of drug-likeness (QED) is 0.0368. The van der Waals surface area contributed by atoms with Crippen LogP contribution in [0.2, 0.25) is 0 Å². The Labute approximate surface area is 285 Å². The van der Waals surface area contributed by atoms with Crippen molar-refractivity contribution >= 4 is 29.3 Å². The number of hydrogen-bond acceptors (Lipinski definition) is 9. The van der Waals surface area contributed by atoms with Crippen molar-refractivity contribution in [1.29, 1.82) is 5.41 Å². The molecular weight excluding hydrogens is 659 g/mol. The van der Waals surface area contributed by atoms with E-state index in [1.807, 2.05) is 13.8 Å². The molecule has 15 heteroatoms. The number of para-hydroxylation sites is 2. The summed E-state index contributed by atoms with van der Waals surface area (Å²) in [5.41, 5.74) is 10.3. The first-order chi connectivity index (χ1) is 23.8. The molecule has 4 aromatic rings. The van der Waals surface area contributed by atoms with Gasteiger partial charge in [0.15, 0.2) is 11.5 Å². The van der Waals surface area contributed by atoms with Gasteiger partial charge in [-0.1, -0.05) is 36.4 Å². The van der Waals surface area contributed by atoms with Gasteiger partial charge in [0.2, 0.25) is 0 Å². The van der Waals surface area contributed by atoms with Crippen LogP contribution >= 0.6 is 0 Å². The number of halogens is 3. The molecule has 50 heavy (non-hydrogen) atoms. The Morgan fingerprint density at radius 2 is 1.52 bits per heavy atom. The molecule has 4 aromatic carbocycles. The van der Waals surface area contributed by atoms with Gasteiger partial charge < -0.3 is 30.0 Å². The molecule has 0 spiro atoms. The van der Waals surface area contributed by atoms with Gasteiger partial charge in [-0.2, -0.15) is 13.2 Å². The molecule has 0 aliphatic carbocycles. The minimum absolute atomic E-state index is 0.00600. The Morgan fingerprint density at radius 1 is 0.820 bits per heavy atom. The summed E-state index contributed by atoms with van der Waals surface area (Å²) in [7, 11) is 0. The zero-order chi connectivity index (χ0) is 36.4. The highest BCUT2D eigenvalue weighted by Gasteiger charge is 2.42. The van der Waals surface area contributed by atoms with Gasteiger partial charge in [-0.15, -0.1) is 0 Å². The Hall–Kier alpha value is -6.25. The third kappa shape index (κ3) is 9.65. The zero-order valence-electron chi connectivity index (χ0n) is 27.1. The van der Waals surface area contributed by atoms with Crippen LogP contribution < -0.4 is 40.8 Å². The first-order valence-electron chi connectivity index (χ1n) is 15.2. The minimum Gasteiger partial charge on any atom is -0.490 e. The van der Waals surface area contributed by atoms with Gasteiger partial charge in [-0.05, 0) is 74.9 Å². The third-order valence-corrected chi connectivity index (χ3v) is 6.64. The second-order valence-electron chi connectivity index (χ2n) is 10.7. The molecule has 12 nitrogen and oxygen atoms in total. The summed E-state index contributed by atoms with van der Waals surface area (Å²) in [5, 5.41) is 10.6. The summed E-state index contributed by atoms with van der Waals surface area (Å²) in [6.07, 6.45) is -5.54. The summed E-state index contributed by atoms with van der Waals surface area (Å²) in [4.78, 5) is 38.7. The standard InChI is InChI=1S/C35H34F3N5O7/c1-4-47-29-18-21(14-17-27(29)48-20(2)3)30(41-22-15-16-24(31(39)40)28(19-22)50-34(46)35(36,37)38)33(45)43-42-32(44)25-12-8-9-13-26(25)49-23-10-6-5-7-11-23/h5-20,30,41H,4H2,1-3H3,(H3,39,40)(H,42,44)(H,43,45). The molecule has 0 aromatic heterocycles. The van der Waals surface area contributed by atoms with Crippen LogP contribution in [-0.2, 0) is 9.59 Å². The van der Waals surface area contributed by atoms with Gasteiger partial charge in [0.05, 0.1) is 23.8 Å². The first kappa shape index (κ1) is 36.6. The summed E-state index contributed by atoms with van der Waals surface area (Å²) < 4.78 is 61.0. The number of nitrogen functional groups attached to an aromatic ring is 1. The number of nitrogens with one attached hydrogen (secondary N) is 4. The molecule has 0 aliphatic rings. The molecule has 4 rings (SSSR count). The highest BCUT2D eigenvalue weighted by Crippen LogP contribution is 2.34. The van der Waals surface area contributed by atoms with Gasteiger partial charge in [0, 0.05) is 11.8 Å². The molecule has 0 heterocycles. The number of rotatable bonds is 13. The lowest BCUT2D eigenvalue weighted by atomic mass is 10.0. The maximum Gasteiger partial charge on any atom is 0.491 e. The smallest absolute Gasteiger partial charge is 0.490 e. The van der Waals surface area contributed by atoms with Crippen molar-refractivity contribution in [2.45, 2.75) is 39.1 Å². The van der Waals surface area contributed by atoms with E-state index in [4.69, 9.17) is 25.4 Å². The predicted molar refractivity (Wildman–Crippen MR) is 177 cm³/mol. The molecule has 262 valence electrons. The average molecular weight is 694 g/mol. The van der Waals surface area contributed by atoms with E-state index in [1.54, 1.807) is 67.6 Å². The van der Waals surface area contributed by atoms with Crippen LogP contribution in [0.5, 0.6) is 28.7 Å². The van der Waals surface area contributed by atoms with Crippen LogP contribution in [0.15, 0.2) is 91.0 Å². The summed E-state index contributed by atoms with van der Waals surface area (Å²) in [6, 6.07) is 21.9. The zero-order valence-corrected chi connectivity index (χ0v) is 27.1. The van der Waals surface area contributed by atoms with Crippen molar-refractivity contribution in [3.05, 3.63) is 108 Å². The second kappa shape index (κ2) is 16.2. The van der Waals surface area contributed by atoms with Crippen molar-refractivity contribution in [2.75, 3.05) is 11.9 Å². The van der Waals surface area contributed by atoms with Crippen LogP contribution in [0, 0.1) is 5.41 Å². The van der Waals surface area contributed by atoms with Crippen LogP contribution in [0.3, 0.4) is 0 Å². The van der Waals surface area contributed by atoms with E-state index in [0.717, 1.165) is 12.1 Å². The molecule has 6 N–H and O–H groups in total. The molecule has 0 fully saturated rings. The number of carbonyl (C=O) groups excluding carboxylic acids is 3. The largest absolute Gasteiger partial charge is 0.491 e. The van der Waals surface area contributed by atoms with E-state index >= 15 is 0 Å². The predicted octanol–water partition coefficient (Wildman–Crippen LogP) is 6.03. The van der Waals surface area contributed by atoms with E-state index in [1.165, 1.54) is 18.2 Å². The van der Waals surface area contributed by atoms with Crippen molar-refractivity contribution < 1.29 is 46.5 Å². The lowest BCUT2D eigenvalue weighted by molar-refractivity contribution is -0.189. The summed E-state index contributed by atoms with van der Waals surface area (Å²) in [6.45, 7) is 5.65. The summed E-state index contributed by atoms with van der Waals surface area (Å²) in [5.74, 6) is -4.04. The van der Waals surface area contributed by atoms with Crippen LogP contribution in [0.25, 0.3) is 0 Å². The van der Waals surface area contributed by atoms with Gasteiger partial charge in [-0.3, -0.25) is 25.8 Å². The highest BCUT2D eigenvalue weighted by atomic mass is 19.4. The Balaban J connectivity index is 1.66. The second-order valence-corrected chi connectivity index (χ2v) is 10.7. The van der Waals surface area contributed by atoms with Crippen LogP contribution in [0.1, 0.15) is 48.3 Å². The minimum atomic E-state index is -5.33. The van der Waals surface area contributed by atoms with E-state index in [0.29, 0.717) is 17.2 Å². The van der Waals surface area contributed by atoms with Gasteiger partial charge in [0.25, 0.3) is 11.8 Å². The van der Waals surface area contributed by atoms with Gasteiger partial charge >= 0.3 is 12.1 Å². The fraction of sp³-hybridized carbons (Fsp3) is 0.200. The number of nitrogens with two attached hydrogens (primary N) is 1. The number of anilines is 1. The van der Waals surface area contributed by atoms with Crippen LogP contribution in [0.4, 0.5) is 18.9 Å². The molecule has 0 saturated carbocycles. The molecule has 2 amide bonds. The topological polar surface area (TPSA) is 174 Å². The SMILES string of the molecule is CCOc1cc(C(Nc2ccc(C(=N)N)c(OC(=O)C(F)(F)F)c2)C(=O)NNC(=O)c2ccccc2Oc2ccccc2)ccc1OC(C)C. The number of benzene rings is 4. The molecule has 1 atom stereocenters. The number of ether oxygens (including phenoxy) is 4. The Kier molecular flexibility index (Phi) is 11.9. The lowest BCUT2D eigenvalue weighted by Crippen LogP contribution is -2.45. The highest BCUT2D eigenvalue weighted by molar-refractivity contribution is 6.00. The molecular formula is C35H34F3N5O7. The number of alkyl halides is 3. The van der Waals surface area contributed by atoms with Crippen molar-refractivity contribution in [3.63, 3.8) is 0 Å². The number of hydrogen-bond donors (Lipinski definition) is 5. The maximum absolute atomic E-state index is 13.8. The van der Waals surface area contributed by atoms with Crippen molar-refractivity contribution in [1.82, 2.24) is 10.9 Å². The van der Waals surface area contributed by atoms with Crippen molar-refractivity contribution in [3.8, 4) is 28.7 Å². The summed E-state index contributed by atoms with van der Waals surface area (Å²) >= 11 is 0. The Morgan fingerprint density at radius 3 is 2.18 bits per heavy atom. The molecule has 0 bridgehead atoms. The average Bonchev–Trinajstić information content (AvgIpc) is 3.07. The number of amides is 2. The van der Waals surface area contributed by atoms with E-state index in [9.17, 15) is 27.6 Å². The van der Waals surface area contributed by atoms with E-state index in [2.05, 4.69) is 20.9 Å². The number of carbonyl (C=O) groups is 3. The van der Waals surface area contributed by atoms with E-state index < -0.39 is 41.6 Å². The molecule has 0 aliphatic heterocycles. The first-order valence-corrected chi connectivity index (χ1v) is 15.2. The fourth-order valence-corrected chi connectivity index (χ4v) is 4.48.